The second-order valence-electron chi connectivity index (χ2n) is 7.63. The first kappa shape index (κ1) is 25.8. The number of aromatic nitrogens is 1. The molecule has 0 bridgehead atoms. The Morgan fingerprint density at radius 1 is 1.12 bits per heavy atom. The first-order chi connectivity index (χ1) is 15.3. The van der Waals surface area contributed by atoms with Crippen LogP contribution in [-0.4, -0.2) is 22.1 Å². The number of hydrogen-bond acceptors (Lipinski definition) is 5. The molecule has 1 aromatic heterocycles. The normalized spacial score (nSPS) is 10.8. The molecule has 1 heterocycles. The lowest BCUT2D eigenvalue weighted by atomic mass is 9.97. The van der Waals surface area contributed by atoms with E-state index in [2.05, 4.69) is 6.92 Å². The largest absolute Gasteiger partial charge is 0.494 e. The van der Waals surface area contributed by atoms with Gasteiger partial charge in [-0.15, -0.1) is 0 Å². The van der Waals surface area contributed by atoms with E-state index in [4.69, 9.17) is 27.9 Å². The van der Waals surface area contributed by atoms with E-state index in [9.17, 15) is 20.0 Å². The van der Waals surface area contributed by atoms with Crippen LogP contribution in [0.3, 0.4) is 0 Å². The molecule has 172 valence electrons. The van der Waals surface area contributed by atoms with Gasteiger partial charge in [0.05, 0.1) is 22.2 Å². The molecule has 0 radical (unpaired) electrons. The van der Waals surface area contributed by atoms with Gasteiger partial charge in [-0.2, -0.15) is 5.26 Å². The van der Waals surface area contributed by atoms with Crippen LogP contribution in [0.1, 0.15) is 79.4 Å². The Balaban J connectivity index is 2.49. The number of carbonyl (C=O) groups is 1. The van der Waals surface area contributed by atoms with Gasteiger partial charge in [-0.25, -0.2) is 0 Å². The molecule has 0 unspecified atom stereocenters. The number of nitriles is 1. The van der Waals surface area contributed by atoms with Crippen LogP contribution in [0, 0.1) is 18.3 Å². The Morgan fingerprint density at radius 2 is 1.72 bits per heavy atom. The van der Waals surface area contributed by atoms with Gasteiger partial charge in [-0.3, -0.25) is 14.2 Å². The number of rotatable bonds is 11. The molecule has 2 aromatic rings. The molecule has 2 rings (SSSR count). The summed E-state index contributed by atoms with van der Waals surface area (Å²) in [6.07, 6.45) is 5.31. The zero-order valence-corrected chi connectivity index (χ0v) is 20.1. The quantitative estimate of drug-likeness (QED) is 0.314. The minimum Gasteiger partial charge on any atom is -0.494 e. The third-order valence-corrected chi connectivity index (χ3v) is 5.83. The van der Waals surface area contributed by atoms with E-state index in [1.807, 2.05) is 13.0 Å². The van der Waals surface area contributed by atoms with Crippen LogP contribution in [0.4, 0.5) is 0 Å². The predicted molar refractivity (Wildman–Crippen MR) is 126 cm³/mol. The Morgan fingerprint density at radius 3 is 2.28 bits per heavy atom. The van der Waals surface area contributed by atoms with Crippen molar-refractivity contribution in [3.8, 4) is 17.7 Å². The van der Waals surface area contributed by atoms with Crippen LogP contribution in [0.25, 0.3) is 0 Å². The number of carbonyl (C=O) groups excluding carboxylic acids is 1. The maximum Gasteiger partial charge on any atom is 0.271 e. The number of benzene rings is 1. The smallest absolute Gasteiger partial charge is 0.271 e. The van der Waals surface area contributed by atoms with Gasteiger partial charge in [0, 0.05) is 12.1 Å². The summed E-state index contributed by atoms with van der Waals surface area (Å²) in [7, 11) is 0. The van der Waals surface area contributed by atoms with E-state index in [0.29, 0.717) is 18.8 Å². The minimum atomic E-state index is -0.609. The molecule has 0 spiro atoms. The lowest BCUT2D eigenvalue weighted by Gasteiger charge is -2.16. The maximum absolute atomic E-state index is 13.3. The highest BCUT2D eigenvalue weighted by Crippen LogP contribution is 2.36. The molecule has 0 saturated heterocycles. The van der Waals surface area contributed by atoms with Crippen molar-refractivity contribution in [2.45, 2.75) is 65.8 Å². The molecule has 0 saturated carbocycles. The fourth-order valence-electron chi connectivity index (χ4n) is 3.45. The van der Waals surface area contributed by atoms with E-state index in [1.165, 1.54) is 19.1 Å². The Bertz CT molecular complexity index is 1060. The van der Waals surface area contributed by atoms with Crippen molar-refractivity contribution >= 4 is 29.0 Å². The van der Waals surface area contributed by atoms with Crippen molar-refractivity contribution in [3.05, 3.63) is 54.8 Å². The number of unbranched alkanes of at least 4 members (excludes halogenated alkanes) is 4. The summed E-state index contributed by atoms with van der Waals surface area (Å²) in [5.74, 6) is -0.744. The highest BCUT2D eigenvalue weighted by molar-refractivity contribution is 6.38. The maximum atomic E-state index is 13.3. The van der Waals surface area contributed by atoms with Crippen LogP contribution in [-0.2, 0) is 6.54 Å². The molecule has 0 aliphatic rings. The van der Waals surface area contributed by atoms with Gasteiger partial charge in [0.15, 0.2) is 11.5 Å². The first-order valence-electron chi connectivity index (χ1n) is 10.8. The zero-order valence-electron chi connectivity index (χ0n) is 18.6. The average Bonchev–Trinajstić information content (AvgIpc) is 2.75. The molecule has 0 aliphatic carbocycles. The van der Waals surface area contributed by atoms with E-state index in [-0.39, 0.29) is 38.8 Å². The Kier molecular flexibility index (Phi) is 9.61. The topological polar surface area (TPSA) is 92.3 Å². The van der Waals surface area contributed by atoms with Crippen molar-refractivity contribution in [2.24, 2.45) is 0 Å². The SMILES string of the molecule is CCCCCOc1c(Cl)cc(C(=O)c2c(C)c(C#N)c(=O)n(CCCCC)c2O)cc1Cl. The third kappa shape index (κ3) is 5.65. The van der Waals surface area contributed by atoms with Gasteiger partial charge in [0.1, 0.15) is 11.6 Å². The summed E-state index contributed by atoms with van der Waals surface area (Å²) >= 11 is 12.7. The highest BCUT2D eigenvalue weighted by Gasteiger charge is 2.26. The van der Waals surface area contributed by atoms with Gasteiger partial charge in [-0.1, -0.05) is 62.7 Å². The summed E-state index contributed by atoms with van der Waals surface area (Å²) in [4.78, 5) is 26.0. The molecule has 32 heavy (non-hydrogen) atoms. The molecule has 0 fully saturated rings. The van der Waals surface area contributed by atoms with Gasteiger partial charge in [-0.05, 0) is 37.5 Å². The second-order valence-corrected chi connectivity index (χ2v) is 8.44. The molecule has 8 heteroatoms. The lowest BCUT2D eigenvalue weighted by Crippen LogP contribution is -2.27. The first-order valence-corrected chi connectivity index (χ1v) is 11.6. The van der Waals surface area contributed by atoms with Crippen molar-refractivity contribution in [2.75, 3.05) is 6.61 Å². The van der Waals surface area contributed by atoms with E-state index in [0.717, 1.165) is 36.7 Å². The van der Waals surface area contributed by atoms with Gasteiger partial charge in [0.25, 0.3) is 5.56 Å². The van der Waals surface area contributed by atoms with Crippen LogP contribution in [0.15, 0.2) is 16.9 Å². The fraction of sp³-hybridized carbons (Fsp3) is 0.458. The molecule has 1 aromatic carbocycles. The molecular weight excluding hydrogens is 451 g/mol. The summed E-state index contributed by atoms with van der Waals surface area (Å²) in [6.45, 7) is 6.23. The number of hydrogen-bond donors (Lipinski definition) is 1. The summed E-state index contributed by atoms with van der Waals surface area (Å²) in [5.41, 5.74) is -0.639. The van der Waals surface area contributed by atoms with Crippen LogP contribution >= 0.6 is 23.2 Å². The van der Waals surface area contributed by atoms with E-state index < -0.39 is 17.2 Å². The number of halogens is 2. The number of ether oxygens (including phenoxy) is 1. The number of pyridine rings is 1. The summed E-state index contributed by atoms with van der Waals surface area (Å²) in [5, 5.41) is 20.6. The van der Waals surface area contributed by atoms with E-state index in [1.54, 1.807) is 0 Å². The van der Waals surface area contributed by atoms with Crippen LogP contribution in [0.2, 0.25) is 10.0 Å². The monoisotopic (exact) mass is 478 g/mol. The number of ketones is 1. The van der Waals surface area contributed by atoms with Gasteiger partial charge >= 0.3 is 0 Å². The van der Waals surface area contributed by atoms with Crippen LogP contribution < -0.4 is 10.3 Å². The minimum absolute atomic E-state index is 0.110. The Labute approximate surface area is 198 Å². The standard InChI is InChI=1S/C24H28Cl2N2O4/c1-4-6-8-10-28-23(30)17(14-27)15(3)20(24(28)31)21(29)16-12-18(25)22(19(26)13-16)32-11-9-7-5-2/h12-13,31H,4-11H2,1-3H3. The van der Waals surface area contributed by atoms with Crippen LogP contribution in [0.5, 0.6) is 11.6 Å². The van der Waals surface area contributed by atoms with Crippen molar-refractivity contribution in [1.82, 2.24) is 4.57 Å². The molecule has 1 N–H and O–H groups in total. The predicted octanol–water partition coefficient (Wildman–Crippen LogP) is 6.03. The molecule has 0 atom stereocenters. The van der Waals surface area contributed by atoms with Crippen molar-refractivity contribution < 1.29 is 14.6 Å². The lowest BCUT2D eigenvalue weighted by molar-refractivity contribution is 0.103. The van der Waals surface area contributed by atoms with Crippen molar-refractivity contribution in [1.29, 1.82) is 5.26 Å². The third-order valence-electron chi connectivity index (χ3n) is 5.27. The average molecular weight is 479 g/mol. The molecule has 0 amide bonds. The Hall–Kier alpha value is -2.49. The van der Waals surface area contributed by atoms with Gasteiger partial charge < -0.3 is 9.84 Å². The number of aromatic hydroxyl groups is 1. The summed E-state index contributed by atoms with van der Waals surface area (Å²) in [6, 6.07) is 4.70. The molecular formula is C24H28Cl2N2O4. The van der Waals surface area contributed by atoms with Crippen molar-refractivity contribution in [3.63, 3.8) is 0 Å². The highest BCUT2D eigenvalue weighted by atomic mass is 35.5. The van der Waals surface area contributed by atoms with Gasteiger partial charge in [0.2, 0.25) is 5.88 Å². The zero-order chi connectivity index (χ0) is 23.8. The van der Waals surface area contributed by atoms with E-state index >= 15 is 0 Å². The molecule has 0 aliphatic heterocycles. The second kappa shape index (κ2) is 11.9. The fourth-order valence-corrected chi connectivity index (χ4v) is 4.05. The number of nitrogens with zero attached hydrogens (tertiary/aromatic N) is 2. The summed E-state index contributed by atoms with van der Waals surface area (Å²) < 4.78 is 6.76. The molecule has 6 nitrogen and oxygen atoms in total.